The maximum Gasteiger partial charge on any atom is 0.228 e. The first-order valence-electron chi connectivity index (χ1n) is 5.75. The monoisotopic (exact) mass is 303 g/mol. The van der Waals surface area contributed by atoms with E-state index in [1.54, 1.807) is 0 Å². The predicted octanol–water partition coefficient (Wildman–Crippen LogP) is 3.94. The van der Waals surface area contributed by atoms with E-state index in [1.807, 2.05) is 55.5 Å². The van der Waals surface area contributed by atoms with Gasteiger partial charge < -0.3 is 5.32 Å². The van der Waals surface area contributed by atoms with Gasteiger partial charge in [-0.05, 0) is 36.2 Å². The lowest BCUT2D eigenvalue weighted by Crippen LogP contribution is -2.14. The van der Waals surface area contributed by atoms with Crippen LogP contribution in [-0.2, 0) is 11.2 Å². The fourth-order valence-electron chi connectivity index (χ4n) is 1.75. The Balaban J connectivity index is 2.03. The first-order chi connectivity index (χ1) is 8.65. The number of amides is 1. The summed E-state index contributed by atoms with van der Waals surface area (Å²) < 4.78 is 0.955. The van der Waals surface area contributed by atoms with Gasteiger partial charge in [0, 0.05) is 10.2 Å². The van der Waals surface area contributed by atoms with Crippen LogP contribution in [0.3, 0.4) is 0 Å². The van der Waals surface area contributed by atoms with Gasteiger partial charge >= 0.3 is 0 Å². The molecule has 92 valence electrons. The zero-order chi connectivity index (χ0) is 13.0. The molecule has 2 aromatic rings. The van der Waals surface area contributed by atoms with E-state index in [0.717, 1.165) is 21.3 Å². The van der Waals surface area contributed by atoms with Gasteiger partial charge in [0.2, 0.25) is 5.91 Å². The quantitative estimate of drug-likeness (QED) is 0.914. The molecule has 3 heteroatoms. The maximum atomic E-state index is 11.9. The molecular formula is C15H14BrNO. The normalized spacial score (nSPS) is 10.1. The summed E-state index contributed by atoms with van der Waals surface area (Å²) in [6, 6.07) is 15.5. The van der Waals surface area contributed by atoms with Crippen molar-refractivity contribution in [2.24, 2.45) is 0 Å². The first-order valence-corrected chi connectivity index (χ1v) is 6.54. The van der Waals surface area contributed by atoms with E-state index < -0.39 is 0 Å². The number of halogens is 1. The molecule has 0 saturated heterocycles. The molecular weight excluding hydrogens is 290 g/mol. The molecule has 0 saturated carbocycles. The van der Waals surface area contributed by atoms with Gasteiger partial charge in [0.05, 0.1) is 6.42 Å². The second-order valence-corrected chi connectivity index (χ2v) is 5.08. The Morgan fingerprint density at radius 3 is 2.67 bits per heavy atom. The molecule has 2 nitrogen and oxygen atoms in total. The Hall–Kier alpha value is -1.61. The molecule has 0 aromatic heterocycles. The van der Waals surface area contributed by atoms with Crippen molar-refractivity contribution in [2.75, 3.05) is 5.32 Å². The molecule has 0 aliphatic rings. The molecule has 0 heterocycles. The standard InChI is InChI=1S/C15H14BrNO/c1-11-5-2-3-6-12(11)9-15(18)17-14-8-4-7-13(16)10-14/h2-8,10H,9H2,1H3,(H,17,18). The molecule has 1 N–H and O–H groups in total. The highest BCUT2D eigenvalue weighted by Crippen LogP contribution is 2.16. The Morgan fingerprint density at radius 1 is 1.17 bits per heavy atom. The van der Waals surface area contributed by atoms with Gasteiger partial charge in [-0.1, -0.05) is 46.3 Å². The van der Waals surface area contributed by atoms with Crippen LogP contribution >= 0.6 is 15.9 Å². The minimum absolute atomic E-state index is 0.00222. The Kier molecular flexibility index (Phi) is 4.15. The van der Waals surface area contributed by atoms with Gasteiger partial charge in [0.15, 0.2) is 0 Å². The van der Waals surface area contributed by atoms with E-state index in [-0.39, 0.29) is 5.91 Å². The summed E-state index contributed by atoms with van der Waals surface area (Å²) in [5.41, 5.74) is 3.01. The molecule has 0 aliphatic heterocycles. The van der Waals surface area contributed by atoms with E-state index >= 15 is 0 Å². The van der Waals surface area contributed by atoms with Gasteiger partial charge in [0.1, 0.15) is 0 Å². The number of hydrogen-bond donors (Lipinski definition) is 1. The third-order valence-corrected chi connectivity index (χ3v) is 3.21. The van der Waals surface area contributed by atoms with Crippen molar-refractivity contribution in [3.05, 3.63) is 64.1 Å². The fraction of sp³-hybridized carbons (Fsp3) is 0.133. The second-order valence-electron chi connectivity index (χ2n) is 4.16. The molecule has 0 bridgehead atoms. The highest BCUT2D eigenvalue weighted by Gasteiger charge is 2.06. The highest BCUT2D eigenvalue weighted by molar-refractivity contribution is 9.10. The van der Waals surface area contributed by atoms with Gasteiger partial charge in [-0.25, -0.2) is 0 Å². The lowest BCUT2D eigenvalue weighted by Gasteiger charge is -2.07. The number of aryl methyl sites for hydroxylation is 1. The molecule has 2 aromatic carbocycles. The summed E-state index contributed by atoms with van der Waals surface area (Å²) in [6.45, 7) is 2.02. The Morgan fingerprint density at radius 2 is 1.94 bits per heavy atom. The van der Waals surface area contributed by atoms with E-state index in [4.69, 9.17) is 0 Å². The number of hydrogen-bond acceptors (Lipinski definition) is 1. The van der Waals surface area contributed by atoms with Crippen molar-refractivity contribution in [1.29, 1.82) is 0 Å². The zero-order valence-electron chi connectivity index (χ0n) is 10.1. The number of anilines is 1. The van der Waals surface area contributed by atoms with E-state index in [2.05, 4.69) is 21.2 Å². The van der Waals surface area contributed by atoms with Crippen LogP contribution in [0.4, 0.5) is 5.69 Å². The van der Waals surface area contributed by atoms with Crippen LogP contribution in [0, 0.1) is 6.92 Å². The van der Waals surface area contributed by atoms with E-state index in [0.29, 0.717) is 6.42 Å². The number of rotatable bonds is 3. The van der Waals surface area contributed by atoms with Crippen molar-refractivity contribution >= 4 is 27.5 Å². The third kappa shape index (κ3) is 3.44. The molecule has 0 aliphatic carbocycles. The van der Waals surface area contributed by atoms with Crippen molar-refractivity contribution in [1.82, 2.24) is 0 Å². The van der Waals surface area contributed by atoms with Crippen LogP contribution < -0.4 is 5.32 Å². The number of benzene rings is 2. The van der Waals surface area contributed by atoms with E-state index in [1.165, 1.54) is 0 Å². The van der Waals surface area contributed by atoms with E-state index in [9.17, 15) is 4.79 Å². The third-order valence-electron chi connectivity index (χ3n) is 2.72. The van der Waals surface area contributed by atoms with Crippen LogP contribution in [-0.4, -0.2) is 5.91 Å². The maximum absolute atomic E-state index is 11.9. The average Bonchev–Trinajstić information content (AvgIpc) is 2.32. The van der Waals surface area contributed by atoms with Gasteiger partial charge in [-0.3, -0.25) is 4.79 Å². The van der Waals surface area contributed by atoms with Crippen molar-refractivity contribution in [2.45, 2.75) is 13.3 Å². The summed E-state index contributed by atoms with van der Waals surface area (Å²) >= 11 is 3.38. The molecule has 0 spiro atoms. The highest BCUT2D eigenvalue weighted by atomic mass is 79.9. The molecule has 0 radical (unpaired) electrons. The zero-order valence-corrected chi connectivity index (χ0v) is 11.7. The number of nitrogens with one attached hydrogen (secondary N) is 1. The minimum atomic E-state index is 0.00222. The molecule has 0 fully saturated rings. The van der Waals surface area contributed by atoms with Gasteiger partial charge in [-0.15, -0.1) is 0 Å². The van der Waals surface area contributed by atoms with Crippen LogP contribution in [0.2, 0.25) is 0 Å². The number of carbonyl (C=O) groups excluding carboxylic acids is 1. The Bertz CT molecular complexity index is 566. The van der Waals surface area contributed by atoms with Crippen LogP contribution in [0.1, 0.15) is 11.1 Å². The SMILES string of the molecule is Cc1ccccc1CC(=O)Nc1cccc(Br)c1. The molecule has 0 atom stereocenters. The van der Waals surface area contributed by atoms with Crippen molar-refractivity contribution in [3.8, 4) is 0 Å². The predicted molar refractivity (Wildman–Crippen MR) is 77.7 cm³/mol. The molecule has 1 amide bonds. The summed E-state index contributed by atoms with van der Waals surface area (Å²) in [6.07, 6.45) is 0.402. The topological polar surface area (TPSA) is 29.1 Å². The summed E-state index contributed by atoms with van der Waals surface area (Å²) in [5.74, 6) is 0.00222. The summed E-state index contributed by atoms with van der Waals surface area (Å²) in [5, 5.41) is 2.89. The smallest absolute Gasteiger partial charge is 0.228 e. The summed E-state index contributed by atoms with van der Waals surface area (Å²) in [7, 11) is 0. The van der Waals surface area contributed by atoms with Gasteiger partial charge in [0.25, 0.3) is 0 Å². The van der Waals surface area contributed by atoms with Crippen LogP contribution in [0.15, 0.2) is 53.0 Å². The molecule has 0 unspecified atom stereocenters. The van der Waals surface area contributed by atoms with Crippen molar-refractivity contribution < 1.29 is 4.79 Å². The second kappa shape index (κ2) is 5.83. The Labute approximate surface area is 115 Å². The van der Waals surface area contributed by atoms with Crippen molar-refractivity contribution in [3.63, 3.8) is 0 Å². The summed E-state index contributed by atoms with van der Waals surface area (Å²) in [4.78, 5) is 11.9. The fourth-order valence-corrected chi connectivity index (χ4v) is 2.15. The molecule has 2 rings (SSSR count). The average molecular weight is 304 g/mol. The number of carbonyl (C=O) groups is 1. The minimum Gasteiger partial charge on any atom is -0.326 e. The first kappa shape index (κ1) is 12.8. The lowest BCUT2D eigenvalue weighted by molar-refractivity contribution is -0.115. The molecule has 18 heavy (non-hydrogen) atoms. The largest absolute Gasteiger partial charge is 0.326 e. The van der Waals surface area contributed by atoms with Gasteiger partial charge in [-0.2, -0.15) is 0 Å². The van der Waals surface area contributed by atoms with Crippen LogP contribution in [0.25, 0.3) is 0 Å². The van der Waals surface area contributed by atoms with Crippen LogP contribution in [0.5, 0.6) is 0 Å². The lowest BCUT2D eigenvalue weighted by atomic mass is 10.1.